The van der Waals surface area contributed by atoms with Crippen molar-refractivity contribution in [2.75, 3.05) is 6.61 Å². The second kappa shape index (κ2) is 6.62. The van der Waals surface area contributed by atoms with E-state index >= 15 is 0 Å². The quantitative estimate of drug-likeness (QED) is 0.778. The van der Waals surface area contributed by atoms with E-state index in [0.29, 0.717) is 11.3 Å². The van der Waals surface area contributed by atoms with Gasteiger partial charge in [-0.3, -0.25) is 9.59 Å². The molecule has 0 aliphatic heterocycles. The first-order valence-corrected chi connectivity index (χ1v) is 7.67. The van der Waals surface area contributed by atoms with Gasteiger partial charge in [0.25, 0.3) is 5.91 Å². The van der Waals surface area contributed by atoms with Gasteiger partial charge in [-0.05, 0) is 48.2 Å². The van der Waals surface area contributed by atoms with Crippen LogP contribution in [0.25, 0.3) is 0 Å². The molecule has 6 nitrogen and oxygen atoms in total. The van der Waals surface area contributed by atoms with E-state index in [4.69, 9.17) is 10.5 Å². The van der Waals surface area contributed by atoms with Crippen LogP contribution in [0, 0.1) is 0 Å². The maximum absolute atomic E-state index is 12.1. The van der Waals surface area contributed by atoms with Crippen LogP contribution in [-0.2, 0) is 11.2 Å². The van der Waals surface area contributed by atoms with Gasteiger partial charge in [0.2, 0.25) is 5.91 Å². The first-order valence-electron chi connectivity index (χ1n) is 7.67. The lowest BCUT2D eigenvalue weighted by Crippen LogP contribution is -2.31. The monoisotopic (exact) mass is 326 g/mol. The summed E-state index contributed by atoms with van der Waals surface area (Å²) in [5.41, 5.74) is 7.37. The molecule has 0 aromatic heterocycles. The summed E-state index contributed by atoms with van der Waals surface area (Å²) in [5.74, 6) is -0.136. The largest absolute Gasteiger partial charge is 0.508 e. The highest BCUT2D eigenvalue weighted by molar-refractivity contribution is 5.93. The third-order valence-corrected chi connectivity index (χ3v) is 4.07. The Morgan fingerprint density at radius 2 is 2.04 bits per heavy atom. The van der Waals surface area contributed by atoms with Crippen LogP contribution in [0.5, 0.6) is 11.5 Å². The van der Waals surface area contributed by atoms with Gasteiger partial charge in [0.15, 0.2) is 6.61 Å². The Bertz CT molecular complexity index is 788. The zero-order chi connectivity index (χ0) is 17.1. The molecule has 1 aliphatic carbocycles. The molecule has 24 heavy (non-hydrogen) atoms. The first kappa shape index (κ1) is 15.9. The van der Waals surface area contributed by atoms with Gasteiger partial charge in [-0.15, -0.1) is 0 Å². The lowest BCUT2D eigenvalue weighted by Gasteiger charge is -2.15. The van der Waals surface area contributed by atoms with Crippen molar-refractivity contribution >= 4 is 11.8 Å². The lowest BCUT2D eigenvalue weighted by molar-refractivity contribution is -0.123. The van der Waals surface area contributed by atoms with E-state index in [0.717, 1.165) is 24.0 Å². The normalized spacial score (nSPS) is 15.6. The number of carbonyl (C=O) groups excluding carboxylic acids is 2. The Balaban J connectivity index is 1.59. The van der Waals surface area contributed by atoms with Crippen molar-refractivity contribution in [3.05, 3.63) is 59.2 Å². The molecule has 0 heterocycles. The fourth-order valence-corrected chi connectivity index (χ4v) is 2.91. The Morgan fingerprint density at radius 1 is 1.25 bits per heavy atom. The molecule has 6 heteroatoms. The summed E-state index contributed by atoms with van der Waals surface area (Å²) in [5, 5.41) is 12.7. The van der Waals surface area contributed by atoms with Crippen LogP contribution in [0.3, 0.4) is 0 Å². The van der Waals surface area contributed by atoms with Crippen molar-refractivity contribution in [3.8, 4) is 11.5 Å². The summed E-state index contributed by atoms with van der Waals surface area (Å²) in [6.45, 7) is -0.160. The molecule has 2 aromatic carbocycles. The third kappa shape index (κ3) is 3.32. The average molecular weight is 326 g/mol. The van der Waals surface area contributed by atoms with E-state index < -0.39 is 5.91 Å². The topological polar surface area (TPSA) is 102 Å². The van der Waals surface area contributed by atoms with Crippen LogP contribution in [-0.4, -0.2) is 23.5 Å². The van der Waals surface area contributed by atoms with E-state index in [1.165, 1.54) is 6.07 Å². The molecule has 0 bridgehead atoms. The highest BCUT2D eigenvalue weighted by atomic mass is 16.5. The Kier molecular flexibility index (Phi) is 4.37. The van der Waals surface area contributed by atoms with E-state index in [1.54, 1.807) is 30.3 Å². The van der Waals surface area contributed by atoms with Gasteiger partial charge in [0, 0.05) is 5.56 Å². The zero-order valence-electron chi connectivity index (χ0n) is 13.0. The maximum Gasteiger partial charge on any atom is 0.258 e. The van der Waals surface area contributed by atoms with Crippen LogP contribution in [0.1, 0.15) is 33.9 Å². The Hall–Kier alpha value is -3.02. The highest BCUT2D eigenvalue weighted by Gasteiger charge is 2.25. The van der Waals surface area contributed by atoms with Crippen molar-refractivity contribution in [1.82, 2.24) is 5.32 Å². The number of hydrogen-bond donors (Lipinski definition) is 3. The number of fused-ring (bicyclic) bond motifs is 1. The summed E-state index contributed by atoms with van der Waals surface area (Å²) in [6, 6.07) is 11.6. The minimum atomic E-state index is -0.549. The van der Waals surface area contributed by atoms with Gasteiger partial charge in [-0.1, -0.05) is 18.2 Å². The second-order valence-electron chi connectivity index (χ2n) is 5.68. The summed E-state index contributed by atoms with van der Waals surface area (Å²) >= 11 is 0. The van der Waals surface area contributed by atoms with Gasteiger partial charge in [-0.2, -0.15) is 0 Å². The number of nitrogens with two attached hydrogens (primary N) is 1. The highest BCUT2D eigenvalue weighted by Crippen LogP contribution is 2.36. The first-order chi connectivity index (χ1) is 11.5. The van der Waals surface area contributed by atoms with Crippen LogP contribution in [0.4, 0.5) is 0 Å². The Morgan fingerprint density at radius 3 is 2.83 bits per heavy atom. The van der Waals surface area contributed by atoms with Gasteiger partial charge >= 0.3 is 0 Å². The second-order valence-corrected chi connectivity index (χ2v) is 5.68. The van der Waals surface area contributed by atoms with Gasteiger partial charge < -0.3 is 20.9 Å². The molecule has 3 rings (SSSR count). The number of primary amides is 1. The summed E-state index contributed by atoms with van der Waals surface area (Å²) in [4.78, 5) is 23.2. The molecule has 2 aromatic rings. The van der Waals surface area contributed by atoms with Crippen molar-refractivity contribution in [2.24, 2.45) is 5.73 Å². The number of ether oxygens (including phenoxy) is 1. The predicted octanol–water partition coefficient (Wildman–Crippen LogP) is 1.67. The fourth-order valence-electron chi connectivity index (χ4n) is 2.91. The predicted molar refractivity (Wildman–Crippen MR) is 87.8 cm³/mol. The fraction of sp³-hybridized carbons (Fsp3) is 0.222. The van der Waals surface area contributed by atoms with Gasteiger partial charge in [0.05, 0.1) is 6.04 Å². The number of phenolic OH excluding ortho intramolecular Hbond substituents is 1. The molecule has 124 valence electrons. The van der Waals surface area contributed by atoms with Gasteiger partial charge in [-0.25, -0.2) is 0 Å². The number of hydrogen-bond acceptors (Lipinski definition) is 4. The maximum atomic E-state index is 12.1. The Labute approximate surface area is 139 Å². The smallest absolute Gasteiger partial charge is 0.258 e. The molecular formula is C18H18N2O4. The number of benzene rings is 2. The molecule has 0 fully saturated rings. The van der Waals surface area contributed by atoms with Crippen LogP contribution < -0.4 is 15.8 Å². The summed E-state index contributed by atoms with van der Waals surface area (Å²) < 4.78 is 5.41. The zero-order valence-corrected chi connectivity index (χ0v) is 13.0. The molecule has 0 spiro atoms. The lowest BCUT2D eigenvalue weighted by atomic mass is 10.1. The molecule has 0 radical (unpaired) electrons. The molecule has 4 N–H and O–H groups in total. The molecule has 0 saturated heterocycles. The number of aromatic hydroxyl groups is 1. The van der Waals surface area contributed by atoms with Crippen LogP contribution in [0.2, 0.25) is 0 Å². The molecule has 2 amide bonds. The van der Waals surface area contributed by atoms with Crippen LogP contribution in [0.15, 0.2) is 42.5 Å². The van der Waals surface area contributed by atoms with E-state index in [9.17, 15) is 14.7 Å². The average Bonchev–Trinajstić information content (AvgIpc) is 2.98. The number of nitrogens with one attached hydrogen (secondary N) is 1. The SMILES string of the molecule is NC(=O)c1cccc(OCC(=O)N[C@@H]2CCc3c(O)cccc32)c1. The number of carbonyl (C=O) groups is 2. The third-order valence-electron chi connectivity index (χ3n) is 4.07. The van der Waals surface area contributed by atoms with Crippen molar-refractivity contribution < 1.29 is 19.4 Å². The van der Waals surface area contributed by atoms with Gasteiger partial charge in [0.1, 0.15) is 11.5 Å². The standard InChI is InChI=1S/C18H18N2O4/c19-18(23)11-3-1-4-12(9-11)24-10-17(22)20-15-8-7-14-13(15)5-2-6-16(14)21/h1-6,9,15,21H,7-8,10H2,(H2,19,23)(H,20,22)/t15-/m1/s1. The van der Waals surface area contributed by atoms with Crippen molar-refractivity contribution in [3.63, 3.8) is 0 Å². The van der Waals surface area contributed by atoms with E-state index in [1.807, 2.05) is 6.07 Å². The number of rotatable bonds is 5. The molecule has 0 unspecified atom stereocenters. The minimum absolute atomic E-state index is 0.125. The van der Waals surface area contributed by atoms with Crippen LogP contribution >= 0.6 is 0 Å². The summed E-state index contributed by atoms with van der Waals surface area (Å²) in [6.07, 6.45) is 1.48. The molecule has 1 aliphatic rings. The summed E-state index contributed by atoms with van der Waals surface area (Å²) in [7, 11) is 0. The number of phenols is 1. The minimum Gasteiger partial charge on any atom is -0.508 e. The van der Waals surface area contributed by atoms with E-state index in [2.05, 4.69) is 5.32 Å². The molecule has 0 saturated carbocycles. The number of amides is 2. The van der Waals surface area contributed by atoms with Crippen molar-refractivity contribution in [2.45, 2.75) is 18.9 Å². The molecule has 1 atom stereocenters. The molecular weight excluding hydrogens is 308 g/mol. The van der Waals surface area contributed by atoms with E-state index in [-0.39, 0.29) is 24.3 Å². The van der Waals surface area contributed by atoms with Crippen molar-refractivity contribution in [1.29, 1.82) is 0 Å².